The summed E-state index contributed by atoms with van der Waals surface area (Å²) in [5, 5.41) is 3.36. The second-order valence-corrected chi connectivity index (χ2v) is 7.54. The standard InChI is InChI=1S/C20H28N4/c1-6-17-11-18(23-19(22-17)21-14(2)3)24-13-16-10-8-7-9-15(16)12-20(24,4)5/h7-11,14H,6,12-13H2,1-5H3,(H,21,22,23). The van der Waals surface area contributed by atoms with Crippen molar-refractivity contribution in [3.05, 3.63) is 47.2 Å². The molecule has 3 rings (SSSR count). The lowest BCUT2D eigenvalue weighted by atomic mass is 9.85. The highest BCUT2D eigenvalue weighted by Gasteiger charge is 2.33. The number of nitrogens with one attached hydrogen (secondary N) is 1. The summed E-state index contributed by atoms with van der Waals surface area (Å²) in [6, 6.07) is 11.2. The summed E-state index contributed by atoms with van der Waals surface area (Å²) in [6.07, 6.45) is 1.94. The topological polar surface area (TPSA) is 41.1 Å². The van der Waals surface area contributed by atoms with Crippen LogP contribution in [0.4, 0.5) is 11.8 Å². The summed E-state index contributed by atoms with van der Waals surface area (Å²) >= 11 is 0. The second kappa shape index (κ2) is 6.42. The van der Waals surface area contributed by atoms with Crippen LogP contribution < -0.4 is 10.2 Å². The van der Waals surface area contributed by atoms with Gasteiger partial charge in [-0.3, -0.25) is 0 Å². The number of hydrogen-bond acceptors (Lipinski definition) is 4. The molecule has 2 heterocycles. The molecule has 0 spiro atoms. The number of aryl methyl sites for hydroxylation is 1. The van der Waals surface area contributed by atoms with Crippen LogP contribution in [0.5, 0.6) is 0 Å². The molecular weight excluding hydrogens is 296 g/mol. The molecule has 0 atom stereocenters. The van der Waals surface area contributed by atoms with Gasteiger partial charge in [-0.05, 0) is 51.7 Å². The molecule has 0 radical (unpaired) electrons. The molecule has 0 aliphatic carbocycles. The van der Waals surface area contributed by atoms with Crippen molar-refractivity contribution >= 4 is 11.8 Å². The molecule has 0 unspecified atom stereocenters. The minimum Gasteiger partial charge on any atom is -0.352 e. The molecule has 0 saturated heterocycles. The third-order valence-electron chi connectivity index (χ3n) is 4.62. The summed E-state index contributed by atoms with van der Waals surface area (Å²) in [6.45, 7) is 11.9. The Morgan fingerprint density at radius 1 is 1.17 bits per heavy atom. The maximum Gasteiger partial charge on any atom is 0.225 e. The maximum atomic E-state index is 4.82. The molecule has 0 amide bonds. The van der Waals surface area contributed by atoms with Crippen LogP contribution >= 0.6 is 0 Å². The molecule has 0 saturated carbocycles. The van der Waals surface area contributed by atoms with Crippen LogP contribution in [0.25, 0.3) is 0 Å². The summed E-state index contributed by atoms with van der Waals surface area (Å²) in [5.41, 5.74) is 3.96. The average molecular weight is 324 g/mol. The van der Waals surface area contributed by atoms with Gasteiger partial charge in [0.05, 0.1) is 0 Å². The predicted octanol–water partition coefficient (Wildman–Crippen LogP) is 4.20. The van der Waals surface area contributed by atoms with Gasteiger partial charge in [0.1, 0.15) is 5.82 Å². The first-order valence-electron chi connectivity index (χ1n) is 8.88. The largest absolute Gasteiger partial charge is 0.352 e. The van der Waals surface area contributed by atoms with Crippen molar-refractivity contribution in [2.24, 2.45) is 0 Å². The molecule has 24 heavy (non-hydrogen) atoms. The van der Waals surface area contributed by atoms with Gasteiger partial charge in [0.2, 0.25) is 5.95 Å². The van der Waals surface area contributed by atoms with Gasteiger partial charge in [-0.2, -0.15) is 4.98 Å². The fourth-order valence-electron chi connectivity index (χ4n) is 3.35. The molecule has 1 aliphatic heterocycles. The van der Waals surface area contributed by atoms with Crippen molar-refractivity contribution in [1.29, 1.82) is 0 Å². The van der Waals surface area contributed by atoms with Gasteiger partial charge in [-0.15, -0.1) is 0 Å². The highest BCUT2D eigenvalue weighted by atomic mass is 15.3. The first-order chi connectivity index (χ1) is 11.4. The molecule has 4 heteroatoms. The van der Waals surface area contributed by atoms with Crippen molar-refractivity contribution < 1.29 is 0 Å². The number of benzene rings is 1. The van der Waals surface area contributed by atoms with Gasteiger partial charge < -0.3 is 10.2 Å². The lowest BCUT2D eigenvalue weighted by molar-refractivity contribution is 0.427. The second-order valence-electron chi connectivity index (χ2n) is 7.54. The van der Waals surface area contributed by atoms with Crippen LogP contribution in [0, 0.1) is 0 Å². The first-order valence-corrected chi connectivity index (χ1v) is 8.88. The molecule has 0 fully saturated rings. The van der Waals surface area contributed by atoms with E-state index >= 15 is 0 Å². The Morgan fingerprint density at radius 3 is 2.54 bits per heavy atom. The van der Waals surface area contributed by atoms with Gasteiger partial charge in [-0.25, -0.2) is 4.98 Å². The van der Waals surface area contributed by atoms with E-state index in [9.17, 15) is 0 Å². The van der Waals surface area contributed by atoms with Crippen LogP contribution in [-0.4, -0.2) is 21.5 Å². The van der Waals surface area contributed by atoms with E-state index in [2.05, 4.69) is 80.2 Å². The highest BCUT2D eigenvalue weighted by Crippen LogP contribution is 2.34. The Labute approximate surface area is 145 Å². The lowest BCUT2D eigenvalue weighted by Gasteiger charge is -2.44. The molecule has 2 aromatic rings. The molecule has 0 bridgehead atoms. The summed E-state index contributed by atoms with van der Waals surface area (Å²) < 4.78 is 0. The zero-order chi connectivity index (χ0) is 17.3. The minimum absolute atomic E-state index is 0.0306. The van der Waals surface area contributed by atoms with Crippen LogP contribution in [0.1, 0.15) is 51.4 Å². The van der Waals surface area contributed by atoms with Gasteiger partial charge in [0.25, 0.3) is 0 Å². The van der Waals surface area contributed by atoms with Crippen molar-refractivity contribution in [2.45, 2.75) is 65.6 Å². The molecule has 1 aromatic carbocycles. The highest BCUT2D eigenvalue weighted by molar-refractivity contribution is 5.51. The van der Waals surface area contributed by atoms with Crippen LogP contribution in [0.2, 0.25) is 0 Å². The average Bonchev–Trinajstić information content (AvgIpc) is 2.52. The van der Waals surface area contributed by atoms with E-state index in [4.69, 9.17) is 4.98 Å². The van der Waals surface area contributed by atoms with Gasteiger partial charge in [-0.1, -0.05) is 31.2 Å². The molecule has 1 aliphatic rings. The summed E-state index contributed by atoms with van der Waals surface area (Å²) in [4.78, 5) is 11.9. The summed E-state index contributed by atoms with van der Waals surface area (Å²) in [7, 11) is 0. The van der Waals surface area contributed by atoms with E-state index in [1.165, 1.54) is 11.1 Å². The van der Waals surface area contributed by atoms with Crippen molar-refractivity contribution in [1.82, 2.24) is 9.97 Å². The zero-order valence-electron chi connectivity index (χ0n) is 15.4. The van der Waals surface area contributed by atoms with Crippen LogP contribution in [0.3, 0.4) is 0 Å². The van der Waals surface area contributed by atoms with E-state index in [1.54, 1.807) is 0 Å². The Kier molecular flexibility index (Phi) is 4.48. The van der Waals surface area contributed by atoms with Crippen molar-refractivity contribution in [2.75, 3.05) is 10.2 Å². The fourth-order valence-corrected chi connectivity index (χ4v) is 3.35. The monoisotopic (exact) mass is 324 g/mol. The molecular formula is C20H28N4. The Bertz CT molecular complexity index is 721. The van der Waals surface area contributed by atoms with Gasteiger partial charge in [0, 0.05) is 29.9 Å². The first kappa shape index (κ1) is 16.7. The smallest absolute Gasteiger partial charge is 0.225 e. The normalized spacial score (nSPS) is 16.2. The number of anilines is 2. The van der Waals surface area contributed by atoms with E-state index in [0.29, 0.717) is 6.04 Å². The number of rotatable bonds is 4. The molecule has 4 nitrogen and oxygen atoms in total. The molecule has 1 aromatic heterocycles. The SMILES string of the molecule is CCc1cc(N2Cc3ccccc3CC2(C)C)nc(NC(C)C)n1. The number of aromatic nitrogens is 2. The van der Waals surface area contributed by atoms with Crippen molar-refractivity contribution in [3.8, 4) is 0 Å². The fraction of sp³-hybridized carbons (Fsp3) is 0.500. The van der Waals surface area contributed by atoms with E-state index in [0.717, 1.165) is 36.8 Å². The molecule has 1 N–H and O–H groups in total. The van der Waals surface area contributed by atoms with Gasteiger partial charge >= 0.3 is 0 Å². The minimum atomic E-state index is 0.0306. The van der Waals surface area contributed by atoms with Gasteiger partial charge in [0.15, 0.2) is 0 Å². The third-order valence-corrected chi connectivity index (χ3v) is 4.62. The van der Waals surface area contributed by atoms with Crippen LogP contribution in [-0.2, 0) is 19.4 Å². The maximum absolute atomic E-state index is 4.82. The third kappa shape index (κ3) is 3.37. The van der Waals surface area contributed by atoms with Crippen molar-refractivity contribution in [3.63, 3.8) is 0 Å². The van der Waals surface area contributed by atoms with E-state index in [1.807, 2.05) is 0 Å². The predicted molar refractivity (Wildman–Crippen MR) is 101 cm³/mol. The Hall–Kier alpha value is -2.10. The Morgan fingerprint density at radius 2 is 1.88 bits per heavy atom. The quantitative estimate of drug-likeness (QED) is 0.915. The Balaban J connectivity index is 2.01. The van der Waals surface area contributed by atoms with E-state index < -0.39 is 0 Å². The molecule has 128 valence electrons. The lowest BCUT2D eigenvalue weighted by Crippen LogP contribution is -2.49. The number of hydrogen-bond donors (Lipinski definition) is 1. The summed E-state index contributed by atoms with van der Waals surface area (Å²) in [5.74, 6) is 1.75. The van der Waals surface area contributed by atoms with E-state index in [-0.39, 0.29) is 5.54 Å². The number of nitrogens with zero attached hydrogens (tertiary/aromatic N) is 3. The number of fused-ring (bicyclic) bond motifs is 1. The zero-order valence-corrected chi connectivity index (χ0v) is 15.4. The van der Waals surface area contributed by atoms with Crippen LogP contribution in [0.15, 0.2) is 30.3 Å².